The second-order valence-corrected chi connectivity index (χ2v) is 6.53. The van der Waals surface area contributed by atoms with Crippen molar-refractivity contribution in [3.63, 3.8) is 0 Å². The van der Waals surface area contributed by atoms with Crippen molar-refractivity contribution in [2.24, 2.45) is 0 Å². The minimum absolute atomic E-state index is 0. The summed E-state index contributed by atoms with van der Waals surface area (Å²) < 4.78 is 13.5. The molecular formula is C22H30AlLiN4O4. The number of fused-ring (bicyclic) bond motifs is 2. The molecule has 0 radical (unpaired) electrons. The Kier molecular flexibility index (Phi) is 13.0. The van der Waals surface area contributed by atoms with Crippen molar-refractivity contribution in [3.05, 3.63) is 72.8 Å². The Morgan fingerprint density at radius 3 is 2.25 bits per heavy atom. The first-order chi connectivity index (χ1) is 14.7. The average molecular weight is 448 g/mol. The Morgan fingerprint density at radius 1 is 1.09 bits per heavy atom. The summed E-state index contributed by atoms with van der Waals surface area (Å²) in [5, 5.41) is 8.91. The molecule has 0 aromatic carbocycles. The number of imidazole rings is 2. The van der Waals surface area contributed by atoms with Gasteiger partial charge in [0.2, 0.25) is 0 Å². The fraction of sp³-hybridized carbons (Fsp3) is 0.318. The van der Waals surface area contributed by atoms with Crippen molar-refractivity contribution in [2.45, 2.75) is 26.4 Å². The van der Waals surface area contributed by atoms with E-state index < -0.39 is 0 Å². The maximum atomic E-state index is 11.5. The van der Waals surface area contributed by atoms with Gasteiger partial charge >= 0.3 is 24.8 Å². The van der Waals surface area contributed by atoms with E-state index in [1.165, 1.54) is 12.8 Å². The Bertz CT molecular complexity index is 1080. The quantitative estimate of drug-likeness (QED) is 0.322. The number of ether oxygens (including phenoxy) is 2. The monoisotopic (exact) mass is 448 g/mol. The molecule has 10 heteroatoms. The van der Waals surface area contributed by atoms with Gasteiger partial charge in [-0.3, -0.25) is 0 Å². The number of carbonyl (C=O) groups excluding carboxylic acids is 1. The molecule has 0 unspecified atom stereocenters. The number of hydrogen-bond acceptors (Lipinski definition) is 6. The number of nitrogens with zero attached hydrogens (tertiary/aromatic N) is 4. The molecule has 0 saturated carbocycles. The van der Waals surface area contributed by atoms with Crippen LogP contribution in [0.1, 0.15) is 37.1 Å². The first-order valence-corrected chi connectivity index (χ1v) is 9.90. The summed E-state index contributed by atoms with van der Waals surface area (Å²) in [5.41, 5.74) is 3.19. The minimum atomic E-state index is -0.307. The van der Waals surface area contributed by atoms with E-state index in [0.717, 1.165) is 29.8 Å². The van der Waals surface area contributed by atoms with Crippen molar-refractivity contribution < 1.29 is 39.7 Å². The number of pyridine rings is 2. The van der Waals surface area contributed by atoms with Gasteiger partial charge in [-0.15, -0.1) is 0 Å². The first-order valence-electron chi connectivity index (χ1n) is 9.90. The topological polar surface area (TPSA) is 90.4 Å². The smallest absolute Gasteiger partial charge is 1.00 e. The van der Waals surface area contributed by atoms with E-state index in [9.17, 15) is 4.79 Å². The Morgan fingerprint density at radius 2 is 1.69 bits per heavy atom. The van der Waals surface area contributed by atoms with Crippen LogP contribution in [0.5, 0.6) is 0 Å². The number of hydrogen-bond donors (Lipinski definition) is 1. The van der Waals surface area contributed by atoms with E-state index in [1.54, 1.807) is 48.5 Å². The van der Waals surface area contributed by atoms with Gasteiger partial charge in [-0.2, -0.15) is 0 Å². The molecule has 1 aliphatic heterocycles. The summed E-state index contributed by atoms with van der Waals surface area (Å²) in [7, 11) is 0. The summed E-state index contributed by atoms with van der Waals surface area (Å²) in [6, 6.07) is 7.30. The fourth-order valence-corrected chi connectivity index (χ4v) is 2.98. The fourth-order valence-electron chi connectivity index (χ4n) is 2.98. The predicted molar refractivity (Wildman–Crippen MR) is 123 cm³/mol. The standard InChI is InChI=1S/C10H10N2O2.C8H8N2O.C4H8O.Al.Li.4H/c1-2-14-10(13)8-4-3-5-12-7-11-6-9(8)12;11-5-7-2-1-3-10-6-9-4-8(7)10;1-2-4-5-3-1;;;;;;/h3-7H,2H2,1H3;1-4,6,11H,5H2;1-4H2;;;;;;/q;;;;+1;;;;-1. The maximum absolute atomic E-state index is 11.5. The van der Waals surface area contributed by atoms with Crippen molar-refractivity contribution in [3.8, 4) is 0 Å². The third kappa shape index (κ3) is 7.49. The van der Waals surface area contributed by atoms with Gasteiger partial charge in [0.15, 0.2) is 17.4 Å². The molecule has 32 heavy (non-hydrogen) atoms. The van der Waals surface area contributed by atoms with Gasteiger partial charge in [0.05, 0.1) is 54.9 Å². The molecule has 1 fully saturated rings. The molecule has 1 aliphatic rings. The van der Waals surface area contributed by atoms with E-state index >= 15 is 0 Å². The molecule has 0 bridgehead atoms. The van der Waals surface area contributed by atoms with Crippen LogP contribution in [0.15, 0.2) is 61.7 Å². The minimum Gasteiger partial charge on any atom is -1.00 e. The molecule has 0 aliphatic carbocycles. The van der Waals surface area contributed by atoms with Gasteiger partial charge in [-0.1, -0.05) is 6.07 Å². The summed E-state index contributed by atoms with van der Waals surface area (Å²) >= 11 is 0. The zero-order valence-corrected chi connectivity index (χ0v) is 18.0. The van der Waals surface area contributed by atoms with Crippen LogP contribution in [0.4, 0.5) is 0 Å². The molecule has 4 aromatic rings. The molecule has 1 N–H and O–H groups in total. The number of esters is 1. The summed E-state index contributed by atoms with van der Waals surface area (Å²) in [6.07, 6.45) is 13.1. The van der Waals surface area contributed by atoms with E-state index in [2.05, 4.69) is 9.97 Å². The third-order valence-electron chi connectivity index (χ3n) is 4.48. The van der Waals surface area contributed by atoms with Gasteiger partial charge in [-0.05, 0) is 38.0 Å². The second kappa shape index (κ2) is 14.9. The van der Waals surface area contributed by atoms with Crippen LogP contribution >= 0.6 is 0 Å². The van der Waals surface area contributed by atoms with Gasteiger partial charge in [-0.25, -0.2) is 14.8 Å². The van der Waals surface area contributed by atoms with Crippen molar-refractivity contribution in [2.75, 3.05) is 19.8 Å². The summed E-state index contributed by atoms with van der Waals surface area (Å²) in [6.45, 7) is 4.23. The van der Waals surface area contributed by atoms with Crippen LogP contribution in [0.3, 0.4) is 0 Å². The summed E-state index contributed by atoms with van der Waals surface area (Å²) in [5.74, 6) is -0.307. The number of aromatic nitrogens is 4. The molecule has 4 aromatic heterocycles. The molecular weight excluding hydrogens is 418 g/mol. The Balaban J connectivity index is 0.000000484. The molecule has 166 valence electrons. The van der Waals surface area contributed by atoms with E-state index in [4.69, 9.17) is 14.6 Å². The first kappa shape index (κ1) is 27.9. The Hall–Kier alpha value is -2.10. The van der Waals surface area contributed by atoms with Crippen LogP contribution in [-0.4, -0.2) is 67.0 Å². The van der Waals surface area contributed by atoms with Crippen molar-refractivity contribution >= 4 is 34.4 Å². The third-order valence-corrected chi connectivity index (χ3v) is 4.48. The van der Waals surface area contributed by atoms with Gasteiger partial charge < -0.3 is 24.8 Å². The zero-order chi connectivity index (χ0) is 21.2. The van der Waals surface area contributed by atoms with Crippen molar-refractivity contribution in [1.82, 2.24) is 18.8 Å². The van der Waals surface area contributed by atoms with E-state index in [0.29, 0.717) is 12.2 Å². The van der Waals surface area contributed by atoms with E-state index in [1.807, 2.05) is 28.9 Å². The average Bonchev–Trinajstić information content (AvgIpc) is 3.56. The number of carbonyl (C=O) groups is 1. The van der Waals surface area contributed by atoms with E-state index in [-0.39, 0.29) is 50.2 Å². The molecule has 5 rings (SSSR count). The number of aliphatic hydroxyl groups is 1. The molecule has 5 heterocycles. The second-order valence-electron chi connectivity index (χ2n) is 6.53. The van der Waals surface area contributed by atoms with Gasteiger partial charge in [0.25, 0.3) is 0 Å². The van der Waals surface area contributed by atoms with Gasteiger partial charge in [0.1, 0.15) is 0 Å². The zero-order valence-electron chi connectivity index (χ0n) is 19.0. The van der Waals surface area contributed by atoms with Crippen LogP contribution in [-0.2, 0) is 16.1 Å². The normalized spacial score (nSPS) is 11.9. The number of rotatable bonds is 3. The molecule has 0 spiro atoms. The predicted octanol–water partition coefficient (Wildman–Crippen LogP) is -0.933. The number of aliphatic hydroxyl groups excluding tert-OH is 1. The molecule has 0 amide bonds. The Labute approximate surface area is 211 Å². The largest absolute Gasteiger partial charge is 1.00 e. The molecule has 8 nitrogen and oxygen atoms in total. The van der Waals surface area contributed by atoms with Crippen LogP contribution in [0.2, 0.25) is 0 Å². The SMILES string of the molecule is C1CCOC1.CCOC(=O)c1cccn2cncc12.OCc1cccn2cncc12.[AlH3].[H-].[Li+]. The van der Waals surface area contributed by atoms with Crippen LogP contribution < -0.4 is 18.9 Å². The van der Waals surface area contributed by atoms with Crippen LogP contribution in [0, 0.1) is 0 Å². The molecule has 0 atom stereocenters. The van der Waals surface area contributed by atoms with Crippen LogP contribution in [0.25, 0.3) is 11.0 Å². The summed E-state index contributed by atoms with van der Waals surface area (Å²) in [4.78, 5) is 19.4. The van der Waals surface area contributed by atoms with Crippen molar-refractivity contribution in [1.29, 1.82) is 0 Å². The van der Waals surface area contributed by atoms with Gasteiger partial charge in [0, 0.05) is 31.2 Å². The maximum Gasteiger partial charge on any atom is 1.00 e. The molecule has 1 saturated heterocycles.